The van der Waals surface area contributed by atoms with Crippen molar-refractivity contribution in [2.45, 2.75) is 26.1 Å². The van der Waals surface area contributed by atoms with E-state index in [1.54, 1.807) is 0 Å². The molecule has 4 rings (SSSR count). The predicted molar refractivity (Wildman–Crippen MR) is 98.2 cm³/mol. The van der Waals surface area contributed by atoms with Gasteiger partial charge in [-0.2, -0.15) is 0 Å². The SMILES string of the molecule is C[C@@H]1CN(c2cc(-c3ccccc3)c3ccccc3[nH+]2)C[C@@H](C)O1. The van der Waals surface area contributed by atoms with Crippen LogP contribution in [0.15, 0.2) is 60.7 Å². The molecule has 3 nitrogen and oxygen atoms in total. The van der Waals surface area contributed by atoms with Crippen LogP contribution in [-0.2, 0) is 4.74 Å². The Morgan fingerprint density at radius 3 is 2.33 bits per heavy atom. The van der Waals surface area contributed by atoms with Gasteiger partial charge in [-0.1, -0.05) is 48.5 Å². The summed E-state index contributed by atoms with van der Waals surface area (Å²) >= 11 is 0. The molecule has 3 aromatic rings. The number of anilines is 1. The van der Waals surface area contributed by atoms with Crippen LogP contribution in [0, 0.1) is 0 Å². The first-order valence-electron chi connectivity index (χ1n) is 8.61. The number of hydrogen-bond acceptors (Lipinski definition) is 2. The molecule has 1 aliphatic rings. The first kappa shape index (κ1) is 15.2. The average molecular weight is 319 g/mol. The van der Waals surface area contributed by atoms with E-state index in [0.29, 0.717) is 0 Å². The first-order valence-corrected chi connectivity index (χ1v) is 8.61. The first-order chi connectivity index (χ1) is 11.7. The molecule has 1 N–H and O–H groups in total. The van der Waals surface area contributed by atoms with Crippen LogP contribution in [0.4, 0.5) is 5.82 Å². The van der Waals surface area contributed by atoms with Crippen molar-refractivity contribution in [3.63, 3.8) is 0 Å². The Morgan fingerprint density at radius 1 is 0.917 bits per heavy atom. The molecule has 1 saturated heterocycles. The number of H-pyrrole nitrogens is 1. The lowest BCUT2D eigenvalue weighted by Gasteiger charge is -2.31. The number of fused-ring (bicyclic) bond motifs is 1. The van der Waals surface area contributed by atoms with Crippen LogP contribution < -0.4 is 9.88 Å². The second-order valence-electron chi connectivity index (χ2n) is 6.64. The lowest BCUT2D eigenvalue weighted by atomic mass is 10.0. The molecule has 24 heavy (non-hydrogen) atoms. The third-order valence-electron chi connectivity index (χ3n) is 4.61. The van der Waals surface area contributed by atoms with Crippen molar-refractivity contribution >= 4 is 16.7 Å². The van der Waals surface area contributed by atoms with Gasteiger partial charge in [0, 0.05) is 17.0 Å². The maximum absolute atomic E-state index is 5.88. The molecule has 0 radical (unpaired) electrons. The van der Waals surface area contributed by atoms with Crippen molar-refractivity contribution in [3.05, 3.63) is 60.7 Å². The molecule has 1 aromatic heterocycles. The van der Waals surface area contributed by atoms with Crippen molar-refractivity contribution < 1.29 is 9.72 Å². The number of aromatic nitrogens is 1. The minimum Gasteiger partial charge on any atom is -0.367 e. The number of ether oxygens (including phenoxy) is 1. The molecule has 3 heteroatoms. The molecule has 1 aliphatic heterocycles. The molecule has 0 aliphatic carbocycles. The number of para-hydroxylation sites is 1. The van der Waals surface area contributed by atoms with Crippen molar-refractivity contribution in [2.75, 3.05) is 18.0 Å². The fraction of sp³-hybridized carbons (Fsp3) is 0.286. The van der Waals surface area contributed by atoms with Gasteiger partial charge in [0.05, 0.1) is 12.2 Å². The van der Waals surface area contributed by atoms with E-state index in [9.17, 15) is 0 Å². The van der Waals surface area contributed by atoms with Crippen molar-refractivity contribution in [1.82, 2.24) is 0 Å². The Morgan fingerprint density at radius 2 is 1.58 bits per heavy atom. The Kier molecular flexibility index (Phi) is 3.95. The largest absolute Gasteiger partial charge is 0.367 e. The van der Waals surface area contributed by atoms with Gasteiger partial charge in [-0.15, -0.1) is 0 Å². The van der Waals surface area contributed by atoms with Crippen molar-refractivity contribution in [2.24, 2.45) is 0 Å². The molecule has 0 spiro atoms. The molecule has 0 unspecified atom stereocenters. The predicted octanol–water partition coefficient (Wildman–Crippen LogP) is 3.93. The molecule has 122 valence electrons. The number of nitrogens with zero attached hydrogens (tertiary/aromatic N) is 1. The lowest BCUT2D eigenvalue weighted by molar-refractivity contribution is -0.331. The van der Waals surface area contributed by atoms with Crippen LogP contribution in [0.5, 0.6) is 0 Å². The van der Waals surface area contributed by atoms with Gasteiger partial charge in [-0.3, -0.25) is 4.90 Å². The van der Waals surface area contributed by atoms with Gasteiger partial charge in [0.15, 0.2) is 0 Å². The summed E-state index contributed by atoms with van der Waals surface area (Å²) in [6, 6.07) is 21.4. The molecule has 2 heterocycles. The van der Waals surface area contributed by atoms with Crippen LogP contribution in [0.25, 0.3) is 22.0 Å². The number of pyridine rings is 1. The zero-order chi connectivity index (χ0) is 16.5. The van der Waals surface area contributed by atoms with Crippen LogP contribution in [-0.4, -0.2) is 25.3 Å². The summed E-state index contributed by atoms with van der Waals surface area (Å²) < 4.78 is 5.88. The second-order valence-corrected chi connectivity index (χ2v) is 6.64. The molecule has 0 amide bonds. The summed E-state index contributed by atoms with van der Waals surface area (Å²) in [7, 11) is 0. The summed E-state index contributed by atoms with van der Waals surface area (Å²) in [5.74, 6) is 1.16. The number of morpholine rings is 1. The maximum Gasteiger partial charge on any atom is 0.275 e. The fourth-order valence-electron chi connectivity index (χ4n) is 3.62. The average Bonchev–Trinajstić information content (AvgIpc) is 2.61. The highest BCUT2D eigenvalue weighted by Gasteiger charge is 2.29. The van der Waals surface area contributed by atoms with E-state index in [1.807, 2.05) is 0 Å². The van der Waals surface area contributed by atoms with E-state index in [-0.39, 0.29) is 12.2 Å². The van der Waals surface area contributed by atoms with E-state index >= 15 is 0 Å². The Bertz CT molecular complexity index is 837. The summed E-state index contributed by atoms with van der Waals surface area (Å²) in [6.07, 6.45) is 0.489. The van der Waals surface area contributed by atoms with E-state index in [1.165, 1.54) is 22.0 Å². The summed E-state index contributed by atoms with van der Waals surface area (Å²) in [6.45, 7) is 6.10. The van der Waals surface area contributed by atoms with Gasteiger partial charge in [-0.05, 0) is 25.5 Å². The van der Waals surface area contributed by atoms with Crippen LogP contribution in [0.1, 0.15) is 13.8 Å². The van der Waals surface area contributed by atoms with Gasteiger partial charge in [-0.25, -0.2) is 4.98 Å². The number of benzene rings is 2. The Hall–Kier alpha value is -2.39. The molecular weight excluding hydrogens is 296 g/mol. The van der Waals surface area contributed by atoms with E-state index < -0.39 is 0 Å². The zero-order valence-electron chi connectivity index (χ0n) is 14.2. The minimum atomic E-state index is 0.244. The summed E-state index contributed by atoms with van der Waals surface area (Å²) in [5.41, 5.74) is 3.69. The highest BCUT2D eigenvalue weighted by Crippen LogP contribution is 2.30. The molecule has 1 fully saturated rings. The molecular formula is C21H23N2O+. The molecule has 2 aromatic carbocycles. The van der Waals surface area contributed by atoms with E-state index in [0.717, 1.165) is 18.9 Å². The normalized spacial score (nSPS) is 21.2. The van der Waals surface area contributed by atoms with Crippen molar-refractivity contribution in [3.8, 4) is 11.1 Å². The summed E-state index contributed by atoms with van der Waals surface area (Å²) in [4.78, 5) is 6.02. The number of rotatable bonds is 2. The molecule has 0 saturated carbocycles. The highest BCUT2D eigenvalue weighted by molar-refractivity contribution is 5.93. The monoisotopic (exact) mass is 319 g/mol. The number of nitrogens with one attached hydrogen (secondary N) is 1. The van der Waals surface area contributed by atoms with Gasteiger partial charge in [0.2, 0.25) is 0 Å². The number of hydrogen-bond donors (Lipinski definition) is 0. The number of aromatic amines is 1. The maximum atomic E-state index is 5.88. The Balaban J connectivity index is 1.86. The highest BCUT2D eigenvalue weighted by atomic mass is 16.5. The van der Waals surface area contributed by atoms with E-state index in [2.05, 4.69) is 84.4 Å². The smallest absolute Gasteiger partial charge is 0.275 e. The van der Waals surface area contributed by atoms with Crippen LogP contribution in [0.3, 0.4) is 0 Å². The van der Waals surface area contributed by atoms with Crippen LogP contribution >= 0.6 is 0 Å². The van der Waals surface area contributed by atoms with Gasteiger partial charge < -0.3 is 4.74 Å². The lowest BCUT2D eigenvalue weighted by Crippen LogP contribution is -2.47. The third kappa shape index (κ3) is 2.87. The zero-order valence-corrected chi connectivity index (χ0v) is 14.2. The van der Waals surface area contributed by atoms with E-state index in [4.69, 9.17) is 4.74 Å². The van der Waals surface area contributed by atoms with Crippen LogP contribution in [0.2, 0.25) is 0 Å². The topological polar surface area (TPSA) is 26.6 Å². The molecule has 2 atom stereocenters. The van der Waals surface area contributed by atoms with Gasteiger partial charge in [0.25, 0.3) is 5.82 Å². The van der Waals surface area contributed by atoms with Gasteiger partial charge >= 0.3 is 0 Å². The van der Waals surface area contributed by atoms with Crippen molar-refractivity contribution in [1.29, 1.82) is 0 Å². The van der Waals surface area contributed by atoms with Gasteiger partial charge in [0.1, 0.15) is 18.6 Å². The fourth-order valence-corrected chi connectivity index (χ4v) is 3.62. The second kappa shape index (κ2) is 6.25. The summed E-state index contributed by atoms with van der Waals surface area (Å²) in [5, 5.41) is 1.25. The quantitative estimate of drug-likeness (QED) is 0.715. The molecule has 0 bridgehead atoms. The third-order valence-corrected chi connectivity index (χ3v) is 4.61. The Labute approximate surface area is 142 Å². The standard InChI is InChI=1S/C21H22N2O/c1-15-13-23(14-16(2)24-15)21-12-19(17-8-4-3-5-9-17)18-10-6-7-11-20(18)22-21/h3-12,15-16H,13-14H2,1-2H3/p+1/t15-,16-/m1/s1. The minimum absolute atomic E-state index is 0.244.